The predicted molar refractivity (Wildman–Crippen MR) is 26.5 cm³/mol. The molecule has 0 unspecified atom stereocenters. The molecule has 0 aromatic carbocycles. The minimum absolute atomic E-state index is 0.0718. The lowest BCUT2D eigenvalue weighted by atomic mass is 11.3. The van der Waals surface area contributed by atoms with Crippen molar-refractivity contribution in [3.8, 4) is 0 Å². The quantitative estimate of drug-likeness (QED) is 0.521. The van der Waals surface area contributed by atoms with E-state index in [0.29, 0.717) is 4.31 Å². The molecule has 0 fully saturated rings. The molecule has 0 saturated heterocycles. The molecule has 0 bridgehead atoms. The minimum atomic E-state index is -4.10. The largest absolute Gasteiger partial charge is 0.496 e. The van der Waals surface area contributed by atoms with Crippen molar-refractivity contribution in [2.24, 2.45) is 0 Å². The van der Waals surface area contributed by atoms with Crippen molar-refractivity contribution in [2.75, 3.05) is 14.1 Å². The van der Waals surface area contributed by atoms with Crippen LogP contribution in [0.15, 0.2) is 0 Å². The molecule has 1 nitrogen and oxygen atoms in total. The van der Waals surface area contributed by atoms with E-state index in [1.165, 1.54) is 14.1 Å². The average molecular weight is 146 g/mol. The highest BCUT2D eigenvalue weighted by atomic mass is 32.2. The summed E-state index contributed by atoms with van der Waals surface area (Å²) < 4.78 is 34.1. The zero-order chi connectivity index (χ0) is 6.78. The van der Waals surface area contributed by atoms with Gasteiger partial charge in [-0.25, -0.2) is 0 Å². The van der Waals surface area contributed by atoms with Crippen LogP contribution < -0.4 is 4.31 Å². The van der Waals surface area contributed by atoms with Crippen LogP contribution in [0.2, 0.25) is 0 Å². The van der Waals surface area contributed by atoms with Gasteiger partial charge >= 0.3 is 5.51 Å². The van der Waals surface area contributed by atoms with E-state index in [9.17, 15) is 13.2 Å². The number of nitrogens with one attached hydrogen (secondary N) is 1. The van der Waals surface area contributed by atoms with Gasteiger partial charge in [-0.05, 0) is 0 Å². The van der Waals surface area contributed by atoms with Gasteiger partial charge in [-0.15, -0.1) is 0 Å². The zero-order valence-corrected chi connectivity index (χ0v) is 5.36. The molecule has 50 valence electrons. The third-order valence-corrected chi connectivity index (χ3v) is 0.960. The van der Waals surface area contributed by atoms with Crippen LogP contribution in [0.25, 0.3) is 0 Å². The summed E-state index contributed by atoms with van der Waals surface area (Å²) in [5.74, 6) is 0. The van der Waals surface area contributed by atoms with E-state index < -0.39 is 5.51 Å². The maximum absolute atomic E-state index is 11.2. The Morgan fingerprint density at radius 2 is 1.62 bits per heavy atom. The molecule has 0 atom stereocenters. The highest BCUT2D eigenvalue weighted by Gasteiger charge is 2.34. The molecule has 5 heteroatoms. The van der Waals surface area contributed by atoms with E-state index in [1.54, 1.807) is 0 Å². The Balaban J connectivity index is 3.39. The minimum Gasteiger partial charge on any atom is -0.270 e. The maximum Gasteiger partial charge on any atom is 0.496 e. The van der Waals surface area contributed by atoms with Crippen LogP contribution in [0, 0.1) is 0 Å². The number of rotatable bonds is 1. The van der Waals surface area contributed by atoms with E-state index in [2.05, 4.69) is 0 Å². The number of hydrogen-bond donors (Lipinski definition) is 1. The normalized spacial score (nSPS) is 12.8. The summed E-state index contributed by atoms with van der Waals surface area (Å²) in [7, 11) is 2.86. The second-order valence-corrected chi connectivity index (χ2v) is 2.94. The van der Waals surface area contributed by atoms with Crippen molar-refractivity contribution >= 4 is 11.9 Å². The van der Waals surface area contributed by atoms with Crippen LogP contribution in [0.5, 0.6) is 0 Å². The molecule has 0 aliphatic carbocycles. The Bertz CT molecular complexity index is 69.4. The monoisotopic (exact) mass is 146 g/mol. The summed E-state index contributed by atoms with van der Waals surface area (Å²) in [6, 6.07) is 0. The molecule has 0 aromatic heterocycles. The molecule has 0 aromatic rings. The highest BCUT2D eigenvalue weighted by Crippen LogP contribution is 2.23. The summed E-state index contributed by atoms with van der Waals surface area (Å²) >= 11 is -0.0718. The van der Waals surface area contributed by atoms with E-state index in [4.69, 9.17) is 0 Å². The van der Waals surface area contributed by atoms with Gasteiger partial charge in [0.2, 0.25) is 0 Å². The van der Waals surface area contributed by atoms with Crippen LogP contribution in [0.3, 0.4) is 0 Å². The molecule has 0 aliphatic rings. The standard InChI is InChI=1S/C3H6F3NS/c1-7(2)8-3(4,5)6/h1-2H3/p+1. The molecular weight excluding hydrogens is 139 g/mol. The van der Waals surface area contributed by atoms with Gasteiger partial charge in [-0.1, -0.05) is 0 Å². The lowest BCUT2D eigenvalue weighted by Gasteiger charge is -2.05. The Morgan fingerprint density at radius 3 is 1.62 bits per heavy atom. The Hall–Kier alpha value is 0.100. The smallest absolute Gasteiger partial charge is 0.270 e. The van der Waals surface area contributed by atoms with Gasteiger partial charge in [0.1, 0.15) is 0 Å². The van der Waals surface area contributed by atoms with Gasteiger partial charge in [0.05, 0.1) is 14.1 Å². The van der Waals surface area contributed by atoms with Crippen molar-refractivity contribution in [1.82, 2.24) is 0 Å². The number of quaternary nitrogens is 1. The fraction of sp³-hybridized carbons (Fsp3) is 1.00. The van der Waals surface area contributed by atoms with Gasteiger partial charge in [0, 0.05) is 0 Å². The zero-order valence-electron chi connectivity index (χ0n) is 4.54. The van der Waals surface area contributed by atoms with Gasteiger partial charge in [0.15, 0.2) is 11.9 Å². The van der Waals surface area contributed by atoms with E-state index >= 15 is 0 Å². The lowest BCUT2D eigenvalue weighted by Crippen LogP contribution is -2.99. The first-order valence-corrected chi connectivity index (χ1v) is 2.79. The first-order chi connectivity index (χ1) is 3.42. The van der Waals surface area contributed by atoms with Crippen LogP contribution in [-0.2, 0) is 0 Å². The molecule has 0 aliphatic heterocycles. The van der Waals surface area contributed by atoms with Crippen molar-refractivity contribution < 1.29 is 17.5 Å². The van der Waals surface area contributed by atoms with Crippen LogP contribution in [0.1, 0.15) is 0 Å². The molecule has 0 heterocycles. The molecule has 0 amide bonds. The van der Waals surface area contributed by atoms with Crippen molar-refractivity contribution in [3.63, 3.8) is 0 Å². The van der Waals surface area contributed by atoms with E-state index in [0.717, 1.165) is 0 Å². The van der Waals surface area contributed by atoms with Crippen LogP contribution in [-0.4, -0.2) is 19.6 Å². The number of halogens is 3. The second-order valence-electron chi connectivity index (χ2n) is 1.46. The van der Waals surface area contributed by atoms with Gasteiger partial charge in [0.25, 0.3) is 0 Å². The lowest BCUT2D eigenvalue weighted by molar-refractivity contribution is -0.707. The molecule has 1 N–H and O–H groups in total. The first kappa shape index (κ1) is 8.10. The highest BCUT2D eigenvalue weighted by molar-refractivity contribution is 7.93. The number of hydrogen-bond acceptors (Lipinski definition) is 1. The summed E-state index contributed by atoms with van der Waals surface area (Å²) in [6.45, 7) is 0. The van der Waals surface area contributed by atoms with Crippen molar-refractivity contribution in [1.29, 1.82) is 0 Å². The Morgan fingerprint density at radius 1 is 1.25 bits per heavy atom. The summed E-state index contributed by atoms with van der Waals surface area (Å²) in [4.78, 5) is 0. The molecule has 8 heavy (non-hydrogen) atoms. The number of alkyl halides is 3. The van der Waals surface area contributed by atoms with Crippen LogP contribution >= 0.6 is 11.9 Å². The fourth-order valence-electron chi connectivity index (χ4n) is 0.231. The van der Waals surface area contributed by atoms with Crippen LogP contribution in [0.4, 0.5) is 13.2 Å². The SMILES string of the molecule is C[NH+](C)SC(F)(F)F. The molecule has 0 rings (SSSR count). The first-order valence-electron chi connectivity index (χ1n) is 1.98. The third kappa shape index (κ3) is 6.10. The van der Waals surface area contributed by atoms with Crippen molar-refractivity contribution in [3.05, 3.63) is 0 Å². The topological polar surface area (TPSA) is 4.44 Å². The molecule has 0 saturated carbocycles. The fourth-order valence-corrected chi connectivity index (χ4v) is 0.694. The van der Waals surface area contributed by atoms with E-state index in [-0.39, 0.29) is 11.9 Å². The molecular formula is C3H7F3NS+. The van der Waals surface area contributed by atoms with Crippen molar-refractivity contribution in [2.45, 2.75) is 5.51 Å². The predicted octanol–water partition coefficient (Wildman–Crippen LogP) is 0.299. The van der Waals surface area contributed by atoms with Gasteiger partial charge in [-0.3, -0.25) is 4.31 Å². The van der Waals surface area contributed by atoms with Gasteiger partial charge in [-0.2, -0.15) is 13.2 Å². The molecule has 0 radical (unpaired) electrons. The maximum atomic E-state index is 11.2. The van der Waals surface area contributed by atoms with E-state index in [1.807, 2.05) is 0 Å². The summed E-state index contributed by atoms with van der Waals surface area (Å²) in [5, 5.41) is 0. The summed E-state index contributed by atoms with van der Waals surface area (Å²) in [6.07, 6.45) is 0. The average Bonchev–Trinajstić information content (AvgIpc) is 1.21. The second kappa shape index (κ2) is 2.59. The molecule has 0 spiro atoms. The Labute approximate surface area is 50.0 Å². The summed E-state index contributed by atoms with van der Waals surface area (Å²) in [5.41, 5.74) is -4.10. The van der Waals surface area contributed by atoms with Gasteiger partial charge < -0.3 is 0 Å². The third-order valence-electron chi connectivity index (χ3n) is 0.320. The Kier molecular flexibility index (Phi) is 2.62.